The number of hydrogen-bond donors (Lipinski definition) is 1. The minimum Gasteiger partial charge on any atom is -0.487 e. The third-order valence-electron chi connectivity index (χ3n) is 6.10. The van der Waals surface area contributed by atoms with E-state index in [9.17, 15) is 8.78 Å². The summed E-state index contributed by atoms with van der Waals surface area (Å²) in [5.41, 5.74) is 0.445. The van der Waals surface area contributed by atoms with Gasteiger partial charge in [-0.1, -0.05) is 18.7 Å². The quantitative estimate of drug-likeness (QED) is 0.439. The molecule has 36 heavy (non-hydrogen) atoms. The molecule has 2 aliphatic heterocycles. The summed E-state index contributed by atoms with van der Waals surface area (Å²) < 4.78 is 50.6. The van der Waals surface area contributed by atoms with E-state index in [1.807, 2.05) is 6.92 Å². The van der Waals surface area contributed by atoms with Crippen LogP contribution in [-0.4, -0.2) is 61.5 Å². The predicted molar refractivity (Wildman–Crippen MR) is 133 cm³/mol. The molecule has 8 nitrogen and oxygen atoms in total. The van der Waals surface area contributed by atoms with Crippen LogP contribution in [0.1, 0.15) is 49.2 Å². The summed E-state index contributed by atoms with van der Waals surface area (Å²) in [4.78, 5) is 13.2. The van der Waals surface area contributed by atoms with Crippen LogP contribution in [0, 0.1) is 6.92 Å². The van der Waals surface area contributed by atoms with Gasteiger partial charge < -0.3 is 24.3 Å². The van der Waals surface area contributed by atoms with Gasteiger partial charge in [-0.15, -0.1) is 0 Å². The standard InChI is InChI=1S/C26H32F2N4O4/c1-15(20-6-5-7-21(25(27)28)24(20)36-19-9-11-34-14-19)31-26-22(16(2)30-17(3)32-26)12-23(29-4)35-18-8-10-33-13-18/h5-7,12,15,18-19,25H,2,8-11,13-14H2,1,3-4H3,(H,30,31,32)/b22-12+,29-23+/t15-,18-,19-/m1/s1. The Morgan fingerprint density at radius 2 is 1.86 bits per heavy atom. The molecular formula is C26H32F2N4O4. The highest BCUT2D eigenvalue weighted by Crippen LogP contribution is 2.37. The maximum Gasteiger partial charge on any atom is 0.267 e. The third-order valence-corrected chi connectivity index (χ3v) is 6.10. The number of nitrogens with zero attached hydrogens (tertiary/aromatic N) is 3. The molecule has 0 aliphatic carbocycles. The van der Waals surface area contributed by atoms with Crippen LogP contribution in [0.3, 0.4) is 0 Å². The van der Waals surface area contributed by atoms with E-state index in [1.165, 1.54) is 6.07 Å². The molecule has 2 aliphatic rings. The molecule has 3 heterocycles. The zero-order chi connectivity index (χ0) is 25.7. The Morgan fingerprint density at radius 1 is 1.17 bits per heavy atom. The lowest BCUT2D eigenvalue weighted by Gasteiger charge is -2.23. The monoisotopic (exact) mass is 502 g/mol. The molecule has 4 rings (SSSR count). The van der Waals surface area contributed by atoms with Crippen molar-refractivity contribution in [2.45, 2.75) is 51.4 Å². The van der Waals surface area contributed by atoms with Gasteiger partial charge in [0.1, 0.15) is 29.6 Å². The molecule has 1 aromatic carbocycles. The number of halogens is 2. The lowest BCUT2D eigenvalue weighted by Crippen LogP contribution is -2.34. The molecule has 0 unspecified atom stereocenters. The minimum absolute atomic E-state index is 0.0775. The molecule has 1 N–H and O–H groups in total. The molecule has 3 atom stereocenters. The molecule has 0 saturated carbocycles. The molecule has 1 aromatic heterocycles. The van der Waals surface area contributed by atoms with E-state index in [0.29, 0.717) is 66.5 Å². The number of aromatic nitrogens is 2. The highest BCUT2D eigenvalue weighted by atomic mass is 19.3. The van der Waals surface area contributed by atoms with E-state index in [4.69, 9.17) is 18.9 Å². The molecular weight excluding hydrogens is 470 g/mol. The SMILES string of the molecule is C=c1nc(C)nc(N[C@H](C)c2cccc(C(F)F)c2O[C@@H]2CCOC2)/c1=C/C(=N\C)O[C@@H]1CCOC1. The van der Waals surface area contributed by atoms with Crippen molar-refractivity contribution in [1.82, 2.24) is 9.97 Å². The summed E-state index contributed by atoms with van der Waals surface area (Å²) in [6, 6.07) is 4.35. The second-order valence-corrected chi connectivity index (χ2v) is 8.83. The van der Waals surface area contributed by atoms with Gasteiger partial charge in [-0.2, -0.15) is 0 Å². The van der Waals surface area contributed by atoms with E-state index in [-0.39, 0.29) is 23.5 Å². The number of aliphatic imine (C=N–C) groups is 1. The zero-order valence-electron chi connectivity index (χ0n) is 20.8. The van der Waals surface area contributed by atoms with Crippen LogP contribution in [0.2, 0.25) is 0 Å². The summed E-state index contributed by atoms with van der Waals surface area (Å²) in [5.74, 6) is 1.59. The van der Waals surface area contributed by atoms with Gasteiger partial charge in [0.25, 0.3) is 6.43 Å². The van der Waals surface area contributed by atoms with Gasteiger partial charge in [-0.25, -0.2) is 18.7 Å². The molecule has 0 radical (unpaired) electrons. The molecule has 0 amide bonds. The van der Waals surface area contributed by atoms with E-state index < -0.39 is 12.5 Å². The molecule has 0 spiro atoms. The highest BCUT2D eigenvalue weighted by molar-refractivity contribution is 6.04. The lowest BCUT2D eigenvalue weighted by molar-refractivity contribution is 0.123. The van der Waals surface area contributed by atoms with Crippen molar-refractivity contribution < 1.29 is 27.7 Å². The lowest BCUT2D eigenvalue weighted by atomic mass is 10.0. The fourth-order valence-electron chi connectivity index (χ4n) is 4.23. The third kappa shape index (κ3) is 6.17. The van der Waals surface area contributed by atoms with Crippen molar-refractivity contribution in [2.24, 2.45) is 4.99 Å². The first-order chi connectivity index (χ1) is 17.4. The molecule has 10 heteroatoms. The number of ether oxygens (including phenoxy) is 4. The first-order valence-corrected chi connectivity index (χ1v) is 12.0. The van der Waals surface area contributed by atoms with Crippen LogP contribution in [0.4, 0.5) is 14.6 Å². The molecule has 2 fully saturated rings. The minimum atomic E-state index is -2.67. The van der Waals surface area contributed by atoms with E-state index in [1.54, 1.807) is 32.2 Å². The number of rotatable bonds is 8. The van der Waals surface area contributed by atoms with Gasteiger partial charge in [0.05, 0.1) is 43.4 Å². The summed E-state index contributed by atoms with van der Waals surface area (Å²) in [5, 5.41) is 4.44. The van der Waals surface area contributed by atoms with Crippen molar-refractivity contribution in [3.63, 3.8) is 0 Å². The number of anilines is 1. The number of aryl methyl sites for hydroxylation is 1. The second kappa shape index (κ2) is 11.7. The first kappa shape index (κ1) is 26.0. The highest BCUT2D eigenvalue weighted by Gasteiger charge is 2.26. The van der Waals surface area contributed by atoms with Gasteiger partial charge in [0, 0.05) is 36.7 Å². The van der Waals surface area contributed by atoms with E-state index >= 15 is 0 Å². The Labute approximate surface area is 209 Å². The number of benzene rings is 1. The van der Waals surface area contributed by atoms with Crippen molar-refractivity contribution in [3.8, 4) is 5.75 Å². The average Bonchev–Trinajstić information content (AvgIpc) is 3.55. The van der Waals surface area contributed by atoms with Crippen LogP contribution in [0.25, 0.3) is 12.7 Å². The fourth-order valence-corrected chi connectivity index (χ4v) is 4.23. The van der Waals surface area contributed by atoms with Gasteiger partial charge in [-0.05, 0) is 19.9 Å². The summed E-state index contributed by atoms with van der Waals surface area (Å²) in [7, 11) is 1.64. The Morgan fingerprint density at radius 3 is 2.50 bits per heavy atom. The van der Waals surface area contributed by atoms with E-state index in [2.05, 4.69) is 26.9 Å². The van der Waals surface area contributed by atoms with Crippen LogP contribution in [0.15, 0.2) is 23.2 Å². The normalized spacial score (nSPS) is 21.7. The summed E-state index contributed by atoms with van der Waals surface area (Å²) >= 11 is 0. The van der Waals surface area contributed by atoms with Crippen LogP contribution in [0.5, 0.6) is 5.75 Å². The summed E-state index contributed by atoms with van der Waals surface area (Å²) in [6.45, 7) is 9.78. The van der Waals surface area contributed by atoms with Crippen molar-refractivity contribution in [3.05, 3.63) is 45.7 Å². The molecule has 2 aromatic rings. The average molecular weight is 503 g/mol. The predicted octanol–water partition coefficient (Wildman–Crippen LogP) is 3.09. The molecule has 0 bridgehead atoms. The Balaban J connectivity index is 1.68. The fraction of sp³-hybridized carbons (Fsp3) is 0.500. The number of hydrogen-bond acceptors (Lipinski definition) is 8. The summed E-state index contributed by atoms with van der Waals surface area (Å²) in [6.07, 6.45) is 0.146. The molecule has 2 saturated heterocycles. The largest absolute Gasteiger partial charge is 0.487 e. The molecule has 194 valence electrons. The van der Waals surface area contributed by atoms with Crippen molar-refractivity contribution in [1.29, 1.82) is 0 Å². The Kier molecular flexibility index (Phi) is 8.48. The Hall–Kier alpha value is -3.11. The van der Waals surface area contributed by atoms with Crippen molar-refractivity contribution >= 4 is 24.4 Å². The van der Waals surface area contributed by atoms with Crippen LogP contribution in [-0.2, 0) is 14.2 Å². The van der Waals surface area contributed by atoms with Crippen LogP contribution < -0.4 is 20.6 Å². The number of para-hydroxylation sites is 1. The topological polar surface area (TPSA) is 87.1 Å². The second-order valence-electron chi connectivity index (χ2n) is 8.83. The van der Waals surface area contributed by atoms with Crippen LogP contribution >= 0.6 is 0 Å². The maximum atomic E-state index is 13.9. The van der Waals surface area contributed by atoms with Crippen molar-refractivity contribution in [2.75, 3.05) is 38.8 Å². The zero-order valence-corrected chi connectivity index (χ0v) is 20.8. The van der Waals surface area contributed by atoms with Gasteiger partial charge >= 0.3 is 0 Å². The number of nitrogens with one attached hydrogen (secondary N) is 1. The first-order valence-electron chi connectivity index (χ1n) is 12.0. The number of alkyl halides is 2. The maximum absolute atomic E-state index is 13.9. The Bertz CT molecular complexity index is 1200. The van der Waals surface area contributed by atoms with Gasteiger partial charge in [-0.3, -0.25) is 4.99 Å². The van der Waals surface area contributed by atoms with Gasteiger partial charge in [0.2, 0.25) is 5.90 Å². The van der Waals surface area contributed by atoms with E-state index in [0.717, 1.165) is 6.42 Å². The smallest absolute Gasteiger partial charge is 0.267 e. The van der Waals surface area contributed by atoms with Gasteiger partial charge in [0.15, 0.2) is 0 Å².